The van der Waals surface area contributed by atoms with Crippen molar-refractivity contribution in [3.63, 3.8) is 0 Å². The number of hydrogen-bond acceptors (Lipinski definition) is 3. The smallest absolute Gasteiger partial charge is 0.338 e. The molecule has 0 aromatic heterocycles. The lowest BCUT2D eigenvalue weighted by atomic mass is 10.1. The zero-order valence-corrected chi connectivity index (χ0v) is 8.93. The molecule has 0 unspecified atom stereocenters. The van der Waals surface area contributed by atoms with Crippen molar-refractivity contribution in [2.75, 3.05) is 6.61 Å². The van der Waals surface area contributed by atoms with E-state index in [1.807, 2.05) is 6.07 Å². The minimum Gasteiger partial charge on any atom is -0.508 e. The van der Waals surface area contributed by atoms with Gasteiger partial charge in [-0.3, -0.25) is 0 Å². The van der Waals surface area contributed by atoms with Crippen molar-refractivity contribution in [3.05, 3.63) is 42.0 Å². The summed E-state index contributed by atoms with van der Waals surface area (Å²) in [6, 6.07) is 10.3. The Kier molecular flexibility index (Phi) is 2.77. The molecule has 0 bridgehead atoms. The Morgan fingerprint density at radius 1 is 1.19 bits per heavy atom. The van der Waals surface area contributed by atoms with Crippen LogP contribution in [0.15, 0.2) is 36.4 Å². The van der Waals surface area contributed by atoms with Crippen LogP contribution < -0.4 is 0 Å². The van der Waals surface area contributed by atoms with Crippen molar-refractivity contribution in [1.29, 1.82) is 0 Å². The van der Waals surface area contributed by atoms with E-state index in [9.17, 15) is 9.90 Å². The fourth-order valence-corrected chi connectivity index (χ4v) is 1.58. The highest BCUT2D eigenvalue weighted by Gasteiger charge is 2.06. The molecule has 0 aliphatic carbocycles. The topological polar surface area (TPSA) is 46.5 Å². The molecule has 0 aliphatic rings. The van der Waals surface area contributed by atoms with Gasteiger partial charge in [-0.2, -0.15) is 0 Å². The third kappa shape index (κ3) is 1.98. The lowest BCUT2D eigenvalue weighted by molar-refractivity contribution is 0.0526. The predicted octanol–water partition coefficient (Wildman–Crippen LogP) is 2.72. The summed E-state index contributed by atoms with van der Waals surface area (Å²) in [5, 5.41) is 11.1. The number of hydrogen-bond donors (Lipinski definition) is 1. The molecule has 0 amide bonds. The predicted molar refractivity (Wildman–Crippen MR) is 61.6 cm³/mol. The number of phenols is 1. The molecule has 2 rings (SSSR count). The van der Waals surface area contributed by atoms with E-state index in [2.05, 4.69) is 0 Å². The van der Waals surface area contributed by atoms with Crippen LogP contribution in [0.2, 0.25) is 0 Å². The second kappa shape index (κ2) is 4.23. The first-order valence-electron chi connectivity index (χ1n) is 5.10. The first-order valence-corrected chi connectivity index (χ1v) is 5.10. The van der Waals surface area contributed by atoms with Crippen LogP contribution in [-0.4, -0.2) is 17.7 Å². The average Bonchev–Trinajstić information content (AvgIpc) is 2.28. The van der Waals surface area contributed by atoms with Gasteiger partial charge in [0.1, 0.15) is 5.75 Å². The van der Waals surface area contributed by atoms with Crippen LogP contribution in [-0.2, 0) is 4.74 Å². The molecular formula is C13H12O3. The summed E-state index contributed by atoms with van der Waals surface area (Å²) in [4.78, 5) is 11.5. The number of fused-ring (bicyclic) bond motifs is 1. The summed E-state index contributed by atoms with van der Waals surface area (Å²) in [6.07, 6.45) is 0. The largest absolute Gasteiger partial charge is 0.508 e. The number of carbonyl (C=O) groups excluding carboxylic acids is 1. The van der Waals surface area contributed by atoms with Crippen LogP contribution in [0.1, 0.15) is 17.3 Å². The van der Waals surface area contributed by atoms with Gasteiger partial charge in [-0.25, -0.2) is 4.79 Å². The summed E-state index contributed by atoms with van der Waals surface area (Å²) in [5.41, 5.74) is 0.500. The van der Waals surface area contributed by atoms with Crippen LogP contribution >= 0.6 is 0 Å². The molecule has 82 valence electrons. The van der Waals surface area contributed by atoms with Gasteiger partial charge in [-0.15, -0.1) is 0 Å². The fraction of sp³-hybridized carbons (Fsp3) is 0.154. The molecule has 2 aromatic rings. The quantitative estimate of drug-likeness (QED) is 0.785. The average molecular weight is 216 g/mol. The molecule has 0 spiro atoms. The van der Waals surface area contributed by atoms with Gasteiger partial charge >= 0.3 is 5.97 Å². The molecule has 0 atom stereocenters. The van der Waals surface area contributed by atoms with Gasteiger partial charge in [0.2, 0.25) is 0 Å². The second-order valence-corrected chi connectivity index (χ2v) is 3.47. The van der Waals surface area contributed by atoms with Crippen molar-refractivity contribution < 1.29 is 14.6 Å². The zero-order valence-electron chi connectivity index (χ0n) is 8.93. The minimum absolute atomic E-state index is 0.188. The van der Waals surface area contributed by atoms with Gasteiger partial charge in [0.05, 0.1) is 12.2 Å². The van der Waals surface area contributed by atoms with E-state index in [4.69, 9.17) is 4.74 Å². The molecule has 1 N–H and O–H groups in total. The second-order valence-electron chi connectivity index (χ2n) is 3.47. The molecule has 2 aromatic carbocycles. The SMILES string of the molecule is CCOC(=O)c1ccc2ccc(O)cc2c1. The van der Waals surface area contributed by atoms with E-state index in [1.165, 1.54) is 0 Å². The zero-order chi connectivity index (χ0) is 11.5. The highest BCUT2D eigenvalue weighted by molar-refractivity contribution is 5.95. The normalized spacial score (nSPS) is 10.3. The first kappa shape index (κ1) is 10.5. The summed E-state index contributed by atoms with van der Waals surface area (Å²) in [6.45, 7) is 2.13. The lowest BCUT2D eigenvalue weighted by Gasteiger charge is -2.03. The molecule has 3 heteroatoms. The Bertz CT molecular complexity index is 532. The number of phenolic OH excluding ortho intramolecular Hbond substituents is 1. The molecular weight excluding hydrogens is 204 g/mol. The highest BCUT2D eigenvalue weighted by Crippen LogP contribution is 2.21. The molecule has 0 radical (unpaired) electrons. The van der Waals surface area contributed by atoms with E-state index >= 15 is 0 Å². The molecule has 0 saturated carbocycles. The Balaban J connectivity index is 2.46. The number of ether oxygens (including phenoxy) is 1. The summed E-state index contributed by atoms with van der Waals surface area (Å²) in [5.74, 6) is -0.152. The molecule has 0 aliphatic heterocycles. The molecule has 0 heterocycles. The third-order valence-electron chi connectivity index (χ3n) is 2.33. The molecule has 3 nitrogen and oxygen atoms in total. The summed E-state index contributed by atoms with van der Waals surface area (Å²) in [7, 11) is 0. The number of esters is 1. The maximum Gasteiger partial charge on any atom is 0.338 e. The Morgan fingerprint density at radius 2 is 1.94 bits per heavy atom. The van der Waals surface area contributed by atoms with Crippen molar-refractivity contribution >= 4 is 16.7 Å². The molecule has 0 fully saturated rings. The van der Waals surface area contributed by atoms with E-state index < -0.39 is 0 Å². The maximum atomic E-state index is 11.5. The number of rotatable bonds is 2. The highest BCUT2D eigenvalue weighted by atomic mass is 16.5. The Morgan fingerprint density at radius 3 is 2.69 bits per heavy atom. The number of benzene rings is 2. The van der Waals surface area contributed by atoms with Crippen molar-refractivity contribution in [2.24, 2.45) is 0 Å². The van der Waals surface area contributed by atoms with Crippen molar-refractivity contribution in [1.82, 2.24) is 0 Å². The van der Waals surface area contributed by atoms with Gasteiger partial charge in [-0.1, -0.05) is 12.1 Å². The van der Waals surface area contributed by atoms with Crippen LogP contribution in [0.3, 0.4) is 0 Å². The van der Waals surface area contributed by atoms with E-state index in [-0.39, 0.29) is 11.7 Å². The van der Waals surface area contributed by atoms with E-state index in [0.29, 0.717) is 12.2 Å². The standard InChI is InChI=1S/C13H12O3/c1-2-16-13(15)10-4-3-9-5-6-12(14)8-11(9)7-10/h3-8,14H,2H2,1H3. The first-order chi connectivity index (χ1) is 7.70. The van der Waals surface area contributed by atoms with Crippen molar-refractivity contribution in [3.8, 4) is 5.75 Å². The number of aromatic hydroxyl groups is 1. The van der Waals surface area contributed by atoms with E-state index in [0.717, 1.165) is 10.8 Å². The van der Waals surface area contributed by atoms with Crippen molar-refractivity contribution in [2.45, 2.75) is 6.92 Å². The van der Waals surface area contributed by atoms with Gasteiger partial charge < -0.3 is 9.84 Å². The van der Waals surface area contributed by atoms with Gasteiger partial charge in [0, 0.05) is 0 Å². The Hall–Kier alpha value is -2.03. The number of carbonyl (C=O) groups is 1. The van der Waals surface area contributed by atoms with Gasteiger partial charge in [-0.05, 0) is 42.0 Å². The lowest BCUT2D eigenvalue weighted by Crippen LogP contribution is -2.04. The van der Waals surface area contributed by atoms with E-state index in [1.54, 1.807) is 37.3 Å². The minimum atomic E-state index is -0.340. The van der Waals surface area contributed by atoms with Crippen LogP contribution in [0.4, 0.5) is 0 Å². The molecule has 0 saturated heterocycles. The van der Waals surface area contributed by atoms with Gasteiger partial charge in [0.25, 0.3) is 0 Å². The third-order valence-corrected chi connectivity index (χ3v) is 2.33. The summed E-state index contributed by atoms with van der Waals surface area (Å²) < 4.78 is 4.91. The van der Waals surface area contributed by atoms with Crippen LogP contribution in [0.25, 0.3) is 10.8 Å². The Labute approximate surface area is 93.3 Å². The fourth-order valence-electron chi connectivity index (χ4n) is 1.58. The monoisotopic (exact) mass is 216 g/mol. The van der Waals surface area contributed by atoms with Crippen LogP contribution in [0, 0.1) is 0 Å². The molecule has 16 heavy (non-hydrogen) atoms. The van der Waals surface area contributed by atoms with Gasteiger partial charge in [0.15, 0.2) is 0 Å². The maximum absolute atomic E-state index is 11.5. The summed E-state index contributed by atoms with van der Waals surface area (Å²) >= 11 is 0. The van der Waals surface area contributed by atoms with Crippen LogP contribution in [0.5, 0.6) is 5.75 Å².